The number of primary amides is 2. The van der Waals surface area contributed by atoms with Gasteiger partial charge in [0, 0.05) is 36.8 Å². The van der Waals surface area contributed by atoms with Crippen LogP contribution in [0, 0.1) is 0 Å². The Morgan fingerprint density at radius 2 is 0.938 bits per heavy atom. The van der Waals surface area contributed by atoms with Crippen LogP contribution in [0.1, 0.15) is 76.3 Å². The van der Waals surface area contributed by atoms with E-state index in [4.69, 9.17) is 40.6 Å². The van der Waals surface area contributed by atoms with Crippen molar-refractivity contribution < 1.29 is 81.8 Å². The highest BCUT2D eigenvalue weighted by molar-refractivity contribution is 5.91. The summed E-state index contributed by atoms with van der Waals surface area (Å²) in [7, 11) is 0. The second kappa shape index (κ2) is 34.1. The number of carboxylic acids is 1. The molecule has 0 aliphatic rings. The maximum atomic E-state index is 12.5. The van der Waals surface area contributed by atoms with Crippen molar-refractivity contribution in [1.82, 2.24) is 10.6 Å². The van der Waals surface area contributed by atoms with Gasteiger partial charge in [0.15, 0.2) is 11.6 Å². The fourth-order valence-corrected chi connectivity index (χ4v) is 4.57. The summed E-state index contributed by atoms with van der Waals surface area (Å²) in [4.78, 5) is 114. The van der Waals surface area contributed by atoms with Gasteiger partial charge < -0.3 is 56.0 Å². The molecule has 2 aromatic carbocycles. The highest BCUT2D eigenvalue weighted by atomic mass is 16.6. The van der Waals surface area contributed by atoms with E-state index in [1.807, 2.05) is 12.1 Å². The van der Waals surface area contributed by atoms with Crippen molar-refractivity contribution in [3.8, 4) is 0 Å². The number of benzene rings is 2. The molecule has 0 unspecified atom stereocenters. The molecular formula is C44H58N4O17. The van der Waals surface area contributed by atoms with Crippen molar-refractivity contribution in [2.45, 2.75) is 90.5 Å². The van der Waals surface area contributed by atoms with Crippen LogP contribution in [0.5, 0.6) is 0 Å². The van der Waals surface area contributed by atoms with Gasteiger partial charge in [0.2, 0.25) is 11.8 Å². The number of carboxylic acid groups (broad SMARTS) is 1. The number of ether oxygens (including phenoxy) is 5. The average Bonchev–Trinajstić information content (AvgIpc) is 3.27. The van der Waals surface area contributed by atoms with Crippen molar-refractivity contribution in [3.63, 3.8) is 0 Å². The summed E-state index contributed by atoms with van der Waals surface area (Å²) in [6.07, 6.45) is -3.01. The van der Waals surface area contributed by atoms with E-state index in [2.05, 4.69) is 28.5 Å². The van der Waals surface area contributed by atoms with Gasteiger partial charge in [-0.3, -0.25) is 28.8 Å². The first-order valence-electron chi connectivity index (χ1n) is 20.0. The van der Waals surface area contributed by atoms with E-state index >= 15 is 0 Å². The van der Waals surface area contributed by atoms with Crippen LogP contribution >= 0.6 is 0 Å². The summed E-state index contributed by atoms with van der Waals surface area (Å²) in [5.74, 6) is -5.07. The number of aliphatic hydroxyl groups is 1. The van der Waals surface area contributed by atoms with Gasteiger partial charge in [-0.15, -0.1) is 0 Å². The zero-order chi connectivity index (χ0) is 49.2. The number of aliphatic carboxylic acids is 1. The second-order valence-electron chi connectivity index (χ2n) is 13.6. The molecule has 2 rings (SSSR count). The lowest BCUT2D eigenvalue weighted by molar-refractivity contribution is -0.150. The molecular weight excluding hydrogens is 856 g/mol. The fourth-order valence-electron chi connectivity index (χ4n) is 4.57. The van der Waals surface area contributed by atoms with Gasteiger partial charge in [0.05, 0.1) is 31.5 Å². The summed E-state index contributed by atoms with van der Waals surface area (Å²) in [6, 6.07) is 15.8. The number of esters is 3. The van der Waals surface area contributed by atoms with E-state index in [-0.39, 0.29) is 96.6 Å². The van der Waals surface area contributed by atoms with Crippen molar-refractivity contribution in [3.05, 3.63) is 96.1 Å². The molecule has 65 heavy (non-hydrogen) atoms. The van der Waals surface area contributed by atoms with Gasteiger partial charge in [-0.25, -0.2) is 19.2 Å². The molecule has 0 fully saturated rings. The van der Waals surface area contributed by atoms with Crippen LogP contribution in [0.4, 0.5) is 9.59 Å². The van der Waals surface area contributed by atoms with Crippen molar-refractivity contribution in [1.29, 1.82) is 0 Å². The SMILES string of the molecule is C=C(C)C(=O)OCCO.C=C(C)C(=O)OCCOC(=O)CCC(=O)[C@H](CCC(N)=O)NC(=O)OCc1ccccc1.NC(=O)CC[C@H](NC(=O)OCc1ccccc1)C(=O)CCC(=O)O. The maximum Gasteiger partial charge on any atom is 0.408 e. The van der Waals surface area contributed by atoms with Crippen LogP contribution in [0.2, 0.25) is 0 Å². The minimum atomic E-state index is -1.12. The Labute approximate surface area is 375 Å². The van der Waals surface area contributed by atoms with Crippen LogP contribution in [-0.2, 0) is 75.3 Å². The largest absolute Gasteiger partial charge is 0.481 e. The second-order valence-corrected chi connectivity index (χ2v) is 13.6. The minimum absolute atomic E-state index is 0.00564. The van der Waals surface area contributed by atoms with Gasteiger partial charge >= 0.3 is 36.1 Å². The molecule has 4 amide bonds. The Kier molecular flexibility index (Phi) is 30.2. The van der Waals surface area contributed by atoms with Gasteiger partial charge in [-0.05, 0) is 37.8 Å². The van der Waals surface area contributed by atoms with Crippen LogP contribution in [-0.4, -0.2) is 108 Å². The topological polar surface area (TPSA) is 333 Å². The van der Waals surface area contributed by atoms with E-state index in [1.165, 1.54) is 6.92 Å². The Hall–Kier alpha value is -7.42. The molecule has 21 heteroatoms. The van der Waals surface area contributed by atoms with Crippen LogP contribution in [0.25, 0.3) is 0 Å². The lowest BCUT2D eigenvalue weighted by Crippen LogP contribution is -2.41. The third-order valence-corrected chi connectivity index (χ3v) is 7.91. The first-order valence-corrected chi connectivity index (χ1v) is 20.0. The molecule has 0 spiro atoms. The third-order valence-electron chi connectivity index (χ3n) is 7.91. The van der Waals surface area contributed by atoms with Crippen molar-refractivity contribution in [2.75, 3.05) is 26.4 Å². The molecule has 356 valence electrons. The van der Waals surface area contributed by atoms with E-state index < -0.39 is 71.5 Å². The van der Waals surface area contributed by atoms with Crippen LogP contribution in [0.15, 0.2) is 85.0 Å². The summed E-state index contributed by atoms with van der Waals surface area (Å²) < 4.78 is 24.2. The van der Waals surface area contributed by atoms with Gasteiger partial charge in [0.1, 0.15) is 33.0 Å². The number of alkyl carbamates (subject to hydrolysis) is 2. The molecule has 0 saturated carbocycles. The van der Waals surface area contributed by atoms with Crippen molar-refractivity contribution >= 4 is 59.4 Å². The number of nitrogens with two attached hydrogens (primary N) is 2. The predicted octanol–water partition coefficient (Wildman–Crippen LogP) is 2.64. The molecule has 0 aromatic heterocycles. The molecule has 0 radical (unpaired) electrons. The molecule has 21 nitrogen and oxygen atoms in total. The molecule has 0 saturated heterocycles. The minimum Gasteiger partial charge on any atom is -0.481 e. The molecule has 8 N–H and O–H groups in total. The lowest BCUT2D eigenvalue weighted by Gasteiger charge is -2.17. The number of hydrogen-bond acceptors (Lipinski definition) is 16. The molecule has 0 aliphatic carbocycles. The number of carbonyl (C=O) groups is 10. The standard InChI is InChI=1S/C22H28N2O8.C16H20N2O6.C6H10O3/c1-15(2)21(28)31-13-12-30-20(27)11-9-18(25)17(8-10-19(23)26)24-22(29)32-14-16-6-4-3-5-7-16;17-14(20)8-6-12(13(19)7-9-15(21)22)18-16(23)24-10-11-4-2-1-3-5-11;1-5(2)6(8)9-4-3-7/h3-7,17H,1,8-14H2,2H3,(H2,23,26)(H,24,29);1-5,12H,6-10H2,(H2,17,20)(H,18,23)(H,21,22);7H,1,3-4H2,2H3/t17-;12-;/m00./s1. The highest BCUT2D eigenvalue weighted by Gasteiger charge is 2.24. The number of ketones is 2. The van der Waals surface area contributed by atoms with Crippen LogP contribution in [0.3, 0.4) is 0 Å². The molecule has 2 atom stereocenters. The number of hydrogen-bond donors (Lipinski definition) is 6. The Morgan fingerprint density at radius 1 is 0.554 bits per heavy atom. The van der Waals surface area contributed by atoms with Gasteiger partial charge in [-0.1, -0.05) is 73.8 Å². The number of Topliss-reactive ketones (excluding diaryl/α,β-unsaturated/α-hetero) is 2. The zero-order valence-corrected chi connectivity index (χ0v) is 36.4. The quantitative estimate of drug-likeness (QED) is 0.0325. The number of nitrogens with one attached hydrogen (secondary N) is 2. The summed E-state index contributed by atoms with van der Waals surface area (Å²) >= 11 is 0. The Bertz CT molecular complexity index is 1900. The predicted molar refractivity (Wildman–Crippen MR) is 230 cm³/mol. The fraction of sp³-hybridized carbons (Fsp3) is 0.409. The number of rotatable bonds is 27. The van der Waals surface area contributed by atoms with E-state index in [1.54, 1.807) is 55.5 Å². The molecule has 0 heterocycles. The third kappa shape index (κ3) is 31.1. The number of carbonyl (C=O) groups excluding carboxylic acids is 9. The summed E-state index contributed by atoms with van der Waals surface area (Å²) in [5.41, 5.74) is 12.3. The normalized spacial score (nSPS) is 10.8. The average molecular weight is 915 g/mol. The van der Waals surface area contributed by atoms with Crippen LogP contribution < -0.4 is 22.1 Å². The maximum absolute atomic E-state index is 12.5. The van der Waals surface area contributed by atoms with Crippen molar-refractivity contribution in [2.24, 2.45) is 11.5 Å². The number of amides is 4. The molecule has 2 aromatic rings. The van der Waals surface area contributed by atoms with E-state index in [0.717, 1.165) is 11.1 Å². The number of aliphatic hydroxyl groups excluding tert-OH is 1. The smallest absolute Gasteiger partial charge is 0.408 e. The summed E-state index contributed by atoms with van der Waals surface area (Å²) in [6.45, 7) is 9.45. The first kappa shape index (κ1) is 57.6. The molecule has 0 aliphatic heterocycles. The van der Waals surface area contributed by atoms with Gasteiger partial charge in [-0.2, -0.15) is 0 Å². The summed E-state index contributed by atoms with van der Waals surface area (Å²) in [5, 5.41) is 21.6. The lowest BCUT2D eigenvalue weighted by atomic mass is 10.0. The monoisotopic (exact) mass is 914 g/mol. The van der Waals surface area contributed by atoms with E-state index in [0.29, 0.717) is 5.57 Å². The zero-order valence-electron chi connectivity index (χ0n) is 36.4. The first-order chi connectivity index (χ1) is 30.7. The highest BCUT2D eigenvalue weighted by Crippen LogP contribution is 2.09. The molecule has 0 bridgehead atoms. The van der Waals surface area contributed by atoms with Gasteiger partial charge in [0.25, 0.3) is 0 Å². The Morgan fingerprint density at radius 3 is 1.31 bits per heavy atom. The van der Waals surface area contributed by atoms with E-state index in [9.17, 15) is 47.9 Å². The Balaban J connectivity index is 0.00000109.